The summed E-state index contributed by atoms with van der Waals surface area (Å²) in [5.41, 5.74) is 8.21. The molecule has 0 radical (unpaired) electrons. The third-order valence-electron chi connectivity index (χ3n) is 10.2. The Kier molecular flexibility index (Phi) is 10.1. The van der Waals surface area contributed by atoms with Crippen LogP contribution in [0.2, 0.25) is 0 Å². The zero-order valence-electron chi connectivity index (χ0n) is 28.3. The van der Waals surface area contributed by atoms with Crippen LogP contribution in [0.3, 0.4) is 0 Å². The minimum absolute atomic E-state index is 0.104. The van der Waals surface area contributed by atoms with E-state index in [1.54, 1.807) is 7.11 Å². The highest BCUT2D eigenvalue weighted by atomic mass is 127. The van der Waals surface area contributed by atoms with Crippen molar-refractivity contribution >= 4 is 63.1 Å². The number of methoxy groups -OCH3 is 1. The molecule has 2 heterocycles. The summed E-state index contributed by atoms with van der Waals surface area (Å²) in [4.78, 5) is 29.6. The topological polar surface area (TPSA) is 88.1 Å². The number of phenolic OH excluding ortho intramolecular Hbond substituents is 1. The molecular weight excluding hydrogens is 739 g/mol. The fourth-order valence-electron chi connectivity index (χ4n) is 7.92. The summed E-state index contributed by atoms with van der Waals surface area (Å²) in [6.45, 7) is 2.61. The molecule has 2 N–H and O–H groups in total. The quantitative estimate of drug-likeness (QED) is 0.0683. The zero-order valence-corrected chi connectivity index (χ0v) is 30.4. The molecule has 50 heavy (non-hydrogen) atoms. The number of carbonyl (C=O) groups is 2. The van der Waals surface area contributed by atoms with Crippen molar-refractivity contribution in [1.29, 1.82) is 0 Å². The second kappa shape index (κ2) is 14.8. The molecule has 8 heteroatoms. The van der Waals surface area contributed by atoms with E-state index in [0.717, 1.165) is 57.3 Å². The van der Waals surface area contributed by atoms with Crippen molar-refractivity contribution in [2.24, 2.45) is 17.8 Å². The van der Waals surface area contributed by atoms with Gasteiger partial charge in [-0.3, -0.25) is 14.5 Å². The highest BCUT2D eigenvalue weighted by Gasteiger charge is 2.57. The average Bonchev–Trinajstić information content (AvgIpc) is 3.67. The molecule has 0 aromatic heterocycles. The summed E-state index contributed by atoms with van der Waals surface area (Å²) < 4.78 is 12.7. The number of nitrogens with one attached hydrogen (secondary N) is 1. The highest BCUT2D eigenvalue weighted by molar-refractivity contribution is 14.1. The van der Waals surface area contributed by atoms with Crippen molar-refractivity contribution in [3.8, 4) is 11.5 Å². The standard InChI is InChI=1S/C42H41IN2O5/c1-3-10-29-24-33-39(42(48)45(41(33)47)32-18-16-31(17-19-32)44-30-13-8-5-9-14-30)34-25-50-36(38(29)34)20-15-28(27-11-6-4-7-12-27)21-26-22-35(43)40(46)37(23-26)49-2/h4-9,11-14,16-19,21-23,33-34,36,39,44,46H,3,10,15,20,24-25H2,1-2H3/b28-21-/t33-,34+,36-,39-/m1/s1. The maximum atomic E-state index is 14.2. The molecule has 0 bridgehead atoms. The number of hydrogen-bond donors (Lipinski definition) is 2. The first-order valence-corrected chi connectivity index (χ1v) is 18.4. The number of benzene rings is 4. The Labute approximate surface area is 307 Å². The van der Waals surface area contributed by atoms with E-state index in [-0.39, 0.29) is 35.5 Å². The molecule has 0 spiro atoms. The van der Waals surface area contributed by atoms with Crippen molar-refractivity contribution < 1.29 is 24.2 Å². The monoisotopic (exact) mass is 780 g/mol. The third kappa shape index (κ3) is 6.71. The van der Waals surface area contributed by atoms with Crippen LogP contribution in [0.25, 0.3) is 11.6 Å². The van der Waals surface area contributed by atoms with E-state index >= 15 is 0 Å². The van der Waals surface area contributed by atoms with E-state index in [1.165, 1.54) is 16.0 Å². The van der Waals surface area contributed by atoms with Crippen LogP contribution in [0.4, 0.5) is 17.1 Å². The molecule has 2 fully saturated rings. The smallest absolute Gasteiger partial charge is 0.238 e. The molecule has 2 saturated heterocycles. The summed E-state index contributed by atoms with van der Waals surface area (Å²) in [7, 11) is 1.56. The number of phenols is 1. The summed E-state index contributed by atoms with van der Waals surface area (Å²) >= 11 is 2.13. The minimum Gasteiger partial charge on any atom is -0.504 e. The van der Waals surface area contributed by atoms with Gasteiger partial charge in [0.2, 0.25) is 11.8 Å². The van der Waals surface area contributed by atoms with Gasteiger partial charge in [0.1, 0.15) is 0 Å². The third-order valence-corrected chi connectivity index (χ3v) is 11.0. The molecule has 3 aliphatic rings. The van der Waals surface area contributed by atoms with Crippen LogP contribution in [0.1, 0.15) is 50.2 Å². The number of imide groups is 1. The lowest BCUT2D eigenvalue weighted by Crippen LogP contribution is -2.34. The van der Waals surface area contributed by atoms with Crippen molar-refractivity contribution in [3.63, 3.8) is 0 Å². The number of para-hydroxylation sites is 1. The molecule has 256 valence electrons. The number of fused-ring (bicyclic) bond motifs is 3. The number of carbonyl (C=O) groups excluding carboxylic acids is 2. The summed E-state index contributed by atoms with van der Waals surface area (Å²) in [6.07, 6.45) is 6.00. The number of rotatable bonds is 11. The number of ether oxygens (including phenoxy) is 2. The van der Waals surface area contributed by atoms with E-state index in [1.807, 2.05) is 84.9 Å². The number of amides is 2. The van der Waals surface area contributed by atoms with Gasteiger partial charge in [-0.1, -0.05) is 73.5 Å². The molecule has 4 aromatic carbocycles. The number of allylic oxidation sites excluding steroid dienone is 2. The lowest BCUT2D eigenvalue weighted by atomic mass is 9.68. The first-order chi connectivity index (χ1) is 24.4. The minimum atomic E-state index is -0.416. The van der Waals surface area contributed by atoms with E-state index < -0.39 is 5.92 Å². The number of halogens is 1. The van der Waals surface area contributed by atoms with Gasteiger partial charge in [-0.25, -0.2) is 0 Å². The molecule has 2 amide bonds. The first kappa shape index (κ1) is 34.1. The normalized spacial score (nSPS) is 21.7. The van der Waals surface area contributed by atoms with Gasteiger partial charge in [0.25, 0.3) is 0 Å². The van der Waals surface area contributed by atoms with Gasteiger partial charge in [0.05, 0.1) is 40.9 Å². The van der Waals surface area contributed by atoms with E-state index in [0.29, 0.717) is 24.5 Å². The number of aromatic hydroxyl groups is 1. The predicted octanol–water partition coefficient (Wildman–Crippen LogP) is 9.39. The van der Waals surface area contributed by atoms with Crippen LogP contribution in [0.5, 0.6) is 11.5 Å². The van der Waals surface area contributed by atoms with E-state index in [9.17, 15) is 14.7 Å². The van der Waals surface area contributed by atoms with E-state index in [2.05, 4.69) is 53.0 Å². The van der Waals surface area contributed by atoms with Crippen molar-refractivity contribution in [1.82, 2.24) is 0 Å². The van der Waals surface area contributed by atoms with Gasteiger partial charge < -0.3 is 19.9 Å². The molecule has 4 atom stereocenters. The van der Waals surface area contributed by atoms with Gasteiger partial charge >= 0.3 is 0 Å². The fourth-order valence-corrected chi connectivity index (χ4v) is 8.55. The molecule has 7 nitrogen and oxygen atoms in total. The van der Waals surface area contributed by atoms with Crippen LogP contribution >= 0.6 is 22.6 Å². The molecule has 2 aliphatic heterocycles. The lowest BCUT2D eigenvalue weighted by Gasteiger charge is -2.32. The van der Waals surface area contributed by atoms with Crippen molar-refractivity contribution in [3.05, 3.63) is 123 Å². The molecular formula is C42H41IN2O5. The van der Waals surface area contributed by atoms with Gasteiger partial charge in [0, 0.05) is 17.3 Å². The number of anilines is 3. The lowest BCUT2D eigenvalue weighted by molar-refractivity contribution is -0.122. The van der Waals surface area contributed by atoms with Gasteiger partial charge in [-0.15, -0.1) is 0 Å². The average molecular weight is 781 g/mol. The maximum absolute atomic E-state index is 14.2. The first-order valence-electron chi connectivity index (χ1n) is 17.3. The molecule has 4 aromatic rings. The Morgan fingerprint density at radius 3 is 2.36 bits per heavy atom. The van der Waals surface area contributed by atoms with Crippen LogP contribution in [0, 0.1) is 21.3 Å². The number of hydrogen-bond acceptors (Lipinski definition) is 6. The zero-order chi connectivity index (χ0) is 34.8. The Morgan fingerprint density at radius 1 is 0.960 bits per heavy atom. The van der Waals surface area contributed by atoms with Crippen LogP contribution in [-0.4, -0.2) is 36.7 Å². The summed E-state index contributed by atoms with van der Waals surface area (Å²) in [6, 6.07) is 31.6. The summed E-state index contributed by atoms with van der Waals surface area (Å²) in [5, 5.41) is 13.8. The SMILES string of the molecule is CCCC1=C2[C@@H](CC/C(=C/c3cc(I)c(O)c(OC)c3)c3ccccc3)OC[C@@H]2[C@@H]2C(=O)N(c3ccc(Nc4ccccc4)cc3)C(=O)[C@@H]2C1. The molecule has 7 rings (SSSR count). The Morgan fingerprint density at radius 2 is 1.66 bits per heavy atom. The molecule has 0 unspecified atom stereocenters. The Bertz CT molecular complexity index is 1940. The van der Waals surface area contributed by atoms with Crippen LogP contribution in [-0.2, 0) is 14.3 Å². The second-order valence-electron chi connectivity index (χ2n) is 13.3. The van der Waals surface area contributed by atoms with Crippen LogP contribution < -0.4 is 15.0 Å². The fraction of sp³-hybridized carbons (Fsp3) is 0.286. The van der Waals surface area contributed by atoms with E-state index in [4.69, 9.17) is 9.47 Å². The van der Waals surface area contributed by atoms with Crippen molar-refractivity contribution in [2.75, 3.05) is 23.9 Å². The maximum Gasteiger partial charge on any atom is 0.238 e. The largest absolute Gasteiger partial charge is 0.504 e. The molecule has 1 aliphatic carbocycles. The Hall–Kier alpha value is -4.41. The van der Waals surface area contributed by atoms with Gasteiger partial charge in [0.15, 0.2) is 11.5 Å². The summed E-state index contributed by atoms with van der Waals surface area (Å²) in [5.74, 6) is -0.533. The predicted molar refractivity (Wildman–Crippen MR) is 206 cm³/mol. The second-order valence-corrected chi connectivity index (χ2v) is 14.4. The van der Waals surface area contributed by atoms with Crippen molar-refractivity contribution in [2.45, 2.75) is 45.1 Å². The van der Waals surface area contributed by atoms with Gasteiger partial charge in [-0.05, 0) is 119 Å². The van der Waals surface area contributed by atoms with Gasteiger partial charge in [-0.2, -0.15) is 0 Å². The number of nitrogens with zero attached hydrogens (tertiary/aromatic N) is 1. The molecule has 0 saturated carbocycles. The Balaban J connectivity index is 1.13. The highest BCUT2D eigenvalue weighted by Crippen LogP contribution is 2.51. The van der Waals surface area contributed by atoms with Crippen LogP contribution in [0.15, 0.2) is 108 Å².